The number of carboxylic acid groups (broad SMARTS) is 1. The lowest BCUT2D eigenvalue weighted by molar-refractivity contribution is -0.384. The van der Waals surface area contributed by atoms with Crippen molar-refractivity contribution in [3.63, 3.8) is 0 Å². The second-order valence-electron chi connectivity index (χ2n) is 8.42. The van der Waals surface area contributed by atoms with E-state index in [2.05, 4.69) is 0 Å². The topological polar surface area (TPSA) is 118 Å². The number of hydrogen-bond acceptors (Lipinski definition) is 5. The first kappa shape index (κ1) is 22.0. The molecule has 0 fully saturated rings. The first-order valence-corrected chi connectivity index (χ1v) is 10.7. The largest absolute Gasteiger partial charge is 0.478 e. The summed E-state index contributed by atoms with van der Waals surface area (Å²) in [6.07, 6.45) is 0. The minimum absolute atomic E-state index is 0.0358. The van der Waals surface area contributed by atoms with Crippen molar-refractivity contribution in [1.29, 1.82) is 0 Å². The van der Waals surface area contributed by atoms with E-state index in [1.54, 1.807) is 31.2 Å². The van der Waals surface area contributed by atoms with Crippen molar-refractivity contribution in [2.75, 3.05) is 4.90 Å². The molecule has 0 radical (unpaired) electrons. The third kappa shape index (κ3) is 3.34. The molecule has 1 heterocycles. The molecule has 1 aliphatic heterocycles. The van der Waals surface area contributed by atoms with Gasteiger partial charge in [0.15, 0.2) is 0 Å². The Morgan fingerprint density at radius 3 is 2.26 bits per heavy atom. The number of nitrogens with zero attached hydrogens (tertiary/aromatic N) is 2. The Morgan fingerprint density at radius 2 is 1.60 bits per heavy atom. The van der Waals surface area contributed by atoms with Gasteiger partial charge in [-0.2, -0.15) is 0 Å². The highest BCUT2D eigenvalue weighted by molar-refractivity contribution is 6.37. The van der Waals surface area contributed by atoms with Gasteiger partial charge in [-0.15, -0.1) is 0 Å². The molecule has 0 unspecified atom stereocenters. The Hall–Kier alpha value is -4.85. The molecule has 0 aliphatic carbocycles. The Kier molecular flexibility index (Phi) is 4.94. The molecule has 0 bridgehead atoms. The fourth-order valence-corrected chi connectivity index (χ4v) is 4.56. The van der Waals surface area contributed by atoms with E-state index in [-0.39, 0.29) is 27.9 Å². The molecule has 4 aromatic rings. The number of nitro benzene ring substituents is 1. The average molecular weight is 466 g/mol. The molecule has 1 N–H and O–H groups in total. The van der Waals surface area contributed by atoms with Gasteiger partial charge in [0.05, 0.1) is 27.3 Å². The first-order chi connectivity index (χ1) is 16.7. The predicted molar refractivity (Wildman–Crippen MR) is 130 cm³/mol. The molecule has 8 heteroatoms. The molecule has 172 valence electrons. The van der Waals surface area contributed by atoms with Crippen LogP contribution in [0.4, 0.5) is 11.4 Å². The number of carbonyl (C=O) groups is 3. The molecule has 1 aliphatic rings. The number of aryl methyl sites for hydroxylation is 2. The van der Waals surface area contributed by atoms with E-state index in [1.165, 1.54) is 30.3 Å². The van der Waals surface area contributed by atoms with Gasteiger partial charge >= 0.3 is 5.97 Å². The number of benzene rings is 4. The van der Waals surface area contributed by atoms with E-state index >= 15 is 0 Å². The monoisotopic (exact) mass is 466 g/mol. The zero-order valence-electron chi connectivity index (χ0n) is 18.7. The van der Waals surface area contributed by atoms with Gasteiger partial charge in [-0.05, 0) is 60.2 Å². The van der Waals surface area contributed by atoms with Crippen LogP contribution in [0, 0.1) is 24.0 Å². The van der Waals surface area contributed by atoms with Gasteiger partial charge in [0.25, 0.3) is 17.5 Å². The minimum atomic E-state index is -1.12. The maximum Gasteiger partial charge on any atom is 0.335 e. The number of imide groups is 1. The van der Waals surface area contributed by atoms with Crippen LogP contribution < -0.4 is 4.90 Å². The summed E-state index contributed by atoms with van der Waals surface area (Å²) < 4.78 is 0. The van der Waals surface area contributed by atoms with E-state index in [4.69, 9.17) is 0 Å². The summed E-state index contributed by atoms with van der Waals surface area (Å²) in [5.74, 6) is -2.27. The Morgan fingerprint density at radius 1 is 0.914 bits per heavy atom. The molecular weight excluding hydrogens is 448 g/mol. The third-order valence-corrected chi connectivity index (χ3v) is 6.23. The van der Waals surface area contributed by atoms with E-state index < -0.39 is 22.7 Å². The lowest BCUT2D eigenvalue weighted by Crippen LogP contribution is -2.41. The summed E-state index contributed by atoms with van der Waals surface area (Å²) in [5.41, 5.74) is 2.68. The van der Waals surface area contributed by atoms with Crippen LogP contribution in [0.1, 0.15) is 42.2 Å². The number of rotatable bonds is 4. The van der Waals surface area contributed by atoms with Crippen LogP contribution >= 0.6 is 0 Å². The van der Waals surface area contributed by atoms with Gasteiger partial charge in [0, 0.05) is 17.0 Å². The number of hydrogen-bond donors (Lipinski definition) is 1. The number of aromatic carboxylic acids is 1. The molecule has 2 amide bonds. The zero-order chi connectivity index (χ0) is 25.0. The lowest BCUT2D eigenvalue weighted by Gasteiger charge is -2.29. The van der Waals surface area contributed by atoms with Crippen LogP contribution in [0.25, 0.3) is 21.9 Å². The molecule has 5 rings (SSSR count). The van der Waals surface area contributed by atoms with Crippen LogP contribution in [0.15, 0.2) is 66.7 Å². The maximum atomic E-state index is 13.6. The van der Waals surface area contributed by atoms with E-state index in [0.29, 0.717) is 22.0 Å². The second kappa shape index (κ2) is 7.88. The molecule has 0 spiro atoms. The molecule has 0 aromatic heterocycles. The molecule has 0 saturated heterocycles. The molecule has 35 heavy (non-hydrogen) atoms. The zero-order valence-corrected chi connectivity index (χ0v) is 18.7. The molecule has 4 aromatic carbocycles. The number of nitro groups is 1. The summed E-state index contributed by atoms with van der Waals surface area (Å²) in [6, 6.07) is 17.2. The Labute approximate surface area is 199 Å². The van der Waals surface area contributed by atoms with Gasteiger partial charge in [-0.25, -0.2) is 9.69 Å². The van der Waals surface area contributed by atoms with Crippen molar-refractivity contribution in [2.24, 2.45) is 0 Å². The summed E-state index contributed by atoms with van der Waals surface area (Å²) in [7, 11) is 0. The Bertz CT molecular complexity index is 1600. The van der Waals surface area contributed by atoms with E-state index in [9.17, 15) is 29.6 Å². The van der Waals surface area contributed by atoms with Crippen LogP contribution in [0.3, 0.4) is 0 Å². The predicted octanol–water partition coefficient (Wildman–Crippen LogP) is 5.53. The normalized spacial score (nSPS) is 12.8. The highest BCUT2D eigenvalue weighted by Gasteiger charge is 2.37. The lowest BCUT2D eigenvalue weighted by atomic mass is 9.87. The van der Waals surface area contributed by atoms with Gasteiger partial charge in [0.1, 0.15) is 0 Å². The van der Waals surface area contributed by atoms with Crippen molar-refractivity contribution in [3.05, 3.63) is 105 Å². The molecular formula is C27H18N2O6. The van der Waals surface area contributed by atoms with Gasteiger partial charge in [0.2, 0.25) is 0 Å². The molecule has 8 nitrogen and oxygen atoms in total. The second-order valence-corrected chi connectivity index (χ2v) is 8.42. The van der Waals surface area contributed by atoms with Crippen molar-refractivity contribution < 1.29 is 24.4 Å². The van der Waals surface area contributed by atoms with Crippen molar-refractivity contribution >= 4 is 39.9 Å². The highest BCUT2D eigenvalue weighted by atomic mass is 16.6. The number of carboxylic acids is 1. The Balaban J connectivity index is 1.81. The average Bonchev–Trinajstić information content (AvgIpc) is 2.84. The van der Waals surface area contributed by atoms with Crippen molar-refractivity contribution in [2.45, 2.75) is 13.8 Å². The van der Waals surface area contributed by atoms with Crippen LogP contribution in [-0.2, 0) is 0 Å². The number of amides is 2. The smallest absolute Gasteiger partial charge is 0.335 e. The summed E-state index contributed by atoms with van der Waals surface area (Å²) in [6.45, 7) is 3.64. The van der Waals surface area contributed by atoms with Gasteiger partial charge in [-0.3, -0.25) is 19.7 Å². The minimum Gasteiger partial charge on any atom is -0.478 e. The fourth-order valence-electron chi connectivity index (χ4n) is 4.56. The van der Waals surface area contributed by atoms with Crippen LogP contribution in [0.2, 0.25) is 0 Å². The highest BCUT2D eigenvalue weighted by Crippen LogP contribution is 2.43. The van der Waals surface area contributed by atoms with Crippen molar-refractivity contribution in [1.82, 2.24) is 0 Å². The quantitative estimate of drug-likeness (QED) is 0.240. The summed E-state index contributed by atoms with van der Waals surface area (Å²) >= 11 is 0. The number of carbonyl (C=O) groups excluding carboxylic acids is 2. The number of anilines is 1. The summed E-state index contributed by atoms with van der Waals surface area (Å²) in [5, 5.41) is 22.0. The summed E-state index contributed by atoms with van der Waals surface area (Å²) in [4.78, 5) is 51.1. The van der Waals surface area contributed by atoms with E-state index in [1.807, 2.05) is 19.1 Å². The van der Waals surface area contributed by atoms with Crippen LogP contribution in [0.5, 0.6) is 0 Å². The molecule has 0 saturated carbocycles. The van der Waals surface area contributed by atoms with Crippen LogP contribution in [-0.4, -0.2) is 27.8 Å². The first-order valence-electron chi connectivity index (χ1n) is 10.7. The SMILES string of the molecule is Cc1ccc(C)c(N2C(=O)c3cccc4c(-c5ccc(C(=O)O)cc5)c([N+](=O)[O-])cc(c34)C2=O)c1. The standard InChI is InChI=1S/C27H18N2O6/c1-14-6-7-15(2)21(12-14)28-25(30)19-5-3-4-18-23(16-8-10-17(11-9-16)27(32)33)22(29(34)35)13-20(24(18)19)26(28)31/h3-13H,1-2H3,(H,32,33). The van der Waals surface area contributed by atoms with Gasteiger partial charge in [-0.1, -0.05) is 36.4 Å². The third-order valence-electron chi connectivity index (χ3n) is 6.23. The fraction of sp³-hybridized carbons (Fsp3) is 0.0741. The van der Waals surface area contributed by atoms with E-state index in [0.717, 1.165) is 16.0 Å². The molecule has 0 atom stereocenters. The van der Waals surface area contributed by atoms with Gasteiger partial charge < -0.3 is 5.11 Å². The van der Waals surface area contributed by atoms with Crippen molar-refractivity contribution in [3.8, 4) is 11.1 Å². The maximum absolute atomic E-state index is 13.6.